The van der Waals surface area contributed by atoms with Crippen LogP contribution in [0.2, 0.25) is 0 Å². The fourth-order valence-electron chi connectivity index (χ4n) is 4.09. The van der Waals surface area contributed by atoms with Gasteiger partial charge in [0.25, 0.3) is 0 Å². The summed E-state index contributed by atoms with van der Waals surface area (Å²) in [6.45, 7) is 4.54. The van der Waals surface area contributed by atoms with Gasteiger partial charge in [-0.15, -0.1) is 0 Å². The Bertz CT molecular complexity index is 551. The predicted molar refractivity (Wildman–Crippen MR) is 141 cm³/mol. The minimum Gasteiger partial charge on any atom is -0.789 e. The summed E-state index contributed by atoms with van der Waals surface area (Å²) >= 11 is 0. The number of phosphoric acid groups is 2. The molecule has 0 N–H and O–H groups in total. The van der Waals surface area contributed by atoms with E-state index in [1.54, 1.807) is 0 Å². The van der Waals surface area contributed by atoms with Crippen molar-refractivity contribution in [3.05, 3.63) is 0 Å². The van der Waals surface area contributed by atoms with Crippen LogP contribution in [0.5, 0.6) is 0 Å². The number of rotatable bonds is 28. The molecule has 212 valence electrons. The molecule has 1 atom stereocenters. The standard InChI is InChI=1S/C26H56O7P2.2K/c1-3-5-7-9-11-13-15-16-18-20-22-24-26-32-35(30,33-34(27,28)29)31-25-23-21-19-17-14-12-10-8-6-4-2;;/h3-26H2,1-2H3,(H2,27,28,29);;/q;2*+1/p-2. The number of unbranched alkanes of at least 4 members (excludes halogenated alkanes) is 20. The van der Waals surface area contributed by atoms with Crippen molar-refractivity contribution < 1.29 is 135 Å². The Morgan fingerprint density at radius 3 is 0.946 bits per heavy atom. The van der Waals surface area contributed by atoms with Crippen molar-refractivity contribution in [2.75, 3.05) is 13.2 Å². The van der Waals surface area contributed by atoms with Gasteiger partial charge in [-0.05, 0) is 12.8 Å². The van der Waals surface area contributed by atoms with Crippen LogP contribution in [0.3, 0.4) is 0 Å². The summed E-state index contributed by atoms with van der Waals surface area (Å²) in [6.07, 6.45) is 25.4. The molecule has 0 heterocycles. The Hall–Kier alpha value is 3.53. The molecule has 0 saturated carbocycles. The number of phosphoric ester groups is 1. The second kappa shape index (κ2) is 32.4. The minimum absolute atomic E-state index is 0. The normalized spacial score (nSPS) is 13.1. The van der Waals surface area contributed by atoms with Crippen molar-refractivity contribution in [3.63, 3.8) is 0 Å². The van der Waals surface area contributed by atoms with E-state index in [9.17, 15) is 18.9 Å². The van der Waals surface area contributed by atoms with Gasteiger partial charge in [0.1, 0.15) is 0 Å². The third kappa shape index (κ3) is 35.6. The minimum atomic E-state index is -5.47. The van der Waals surface area contributed by atoms with Crippen LogP contribution in [0.15, 0.2) is 0 Å². The van der Waals surface area contributed by atoms with Crippen LogP contribution in [0.25, 0.3) is 0 Å². The van der Waals surface area contributed by atoms with E-state index in [4.69, 9.17) is 9.05 Å². The van der Waals surface area contributed by atoms with E-state index in [-0.39, 0.29) is 116 Å². The summed E-state index contributed by atoms with van der Waals surface area (Å²) in [4.78, 5) is 22.0. The zero-order chi connectivity index (χ0) is 26.1. The van der Waals surface area contributed by atoms with Crippen LogP contribution in [-0.4, -0.2) is 13.2 Å². The fraction of sp³-hybridized carbons (Fsp3) is 1.00. The predicted octanol–water partition coefficient (Wildman–Crippen LogP) is 2.60. The summed E-state index contributed by atoms with van der Waals surface area (Å²) in [5, 5.41) is 0. The second-order valence-corrected chi connectivity index (χ2v) is 12.7. The molecule has 0 aromatic rings. The van der Waals surface area contributed by atoms with Gasteiger partial charge in [0.2, 0.25) is 0 Å². The van der Waals surface area contributed by atoms with E-state index in [1.807, 2.05) is 0 Å². The average molecular weight is 619 g/mol. The summed E-state index contributed by atoms with van der Waals surface area (Å²) < 4.78 is 38.0. The van der Waals surface area contributed by atoms with Gasteiger partial charge < -0.3 is 14.4 Å². The van der Waals surface area contributed by atoms with Crippen molar-refractivity contribution in [3.8, 4) is 0 Å². The van der Waals surface area contributed by atoms with Crippen LogP contribution < -0.4 is 113 Å². The van der Waals surface area contributed by atoms with Crippen LogP contribution in [0, 0.1) is 0 Å². The second-order valence-electron chi connectivity index (χ2n) is 9.71. The Morgan fingerprint density at radius 1 is 0.459 bits per heavy atom. The summed E-state index contributed by atoms with van der Waals surface area (Å²) in [6, 6.07) is 0. The van der Waals surface area contributed by atoms with Gasteiger partial charge in [-0.1, -0.05) is 142 Å². The average Bonchev–Trinajstić information content (AvgIpc) is 2.79. The zero-order valence-corrected chi connectivity index (χ0v) is 32.8. The third-order valence-electron chi connectivity index (χ3n) is 6.19. The first-order chi connectivity index (χ1) is 16.8. The van der Waals surface area contributed by atoms with E-state index < -0.39 is 15.6 Å². The molecule has 11 heteroatoms. The molecule has 0 aliphatic heterocycles. The van der Waals surface area contributed by atoms with Crippen LogP contribution >= 0.6 is 15.6 Å². The summed E-state index contributed by atoms with van der Waals surface area (Å²) in [7, 11) is -9.86. The van der Waals surface area contributed by atoms with Gasteiger partial charge in [0, 0.05) is 0 Å². The Balaban J connectivity index is -0.00000578. The van der Waals surface area contributed by atoms with Gasteiger partial charge in [-0.3, -0.25) is 13.4 Å². The van der Waals surface area contributed by atoms with Crippen molar-refractivity contribution in [2.24, 2.45) is 0 Å². The van der Waals surface area contributed by atoms with E-state index in [0.29, 0.717) is 12.8 Å². The first-order valence-corrected chi connectivity index (χ1v) is 17.4. The van der Waals surface area contributed by atoms with E-state index in [1.165, 1.54) is 89.9 Å². The van der Waals surface area contributed by atoms with Crippen LogP contribution in [-0.2, 0) is 22.5 Å². The maximum atomic E-state index is 12.6. The van der Waals surface area contributed by atoms with Gasteiger partial charge in [-0.25, -0.2) is 4.57 Å². The van der Waals surface area contributed by atoms with Gasteiger partial charge in [0.05, 0.1) is 21.0 Å². The molecule has 0 amide bonds. The molecule has 37 heavy (non-hydrogen) atoms. The van der Waals surface area contributed by atoms with Gasteiger partial charge in [-0.2, -0.15) is 0 Å². The first kappa shape index (κ1) is 45.0. The molecule has 0 radical (unpaired) electrons. The molecule has 0 fully saturated rings. The Kier molecular flexibility index (Phi) is 39.4. The van der Waals surface area contributed by atoms with E-state index >= 15 is 0 Å². The fourth-order valence-corrected chi connectivity index (χ4v) is 6.23. The molecule has 0 aromatic carbocycles. The summed E-state index contributed by atoms with van der Waals surface area (Å²) in [5.41, 5.74) is 0. The van der Waals surface area contributed by atoms with Gasteiger partial charge >= 0.3 is 111 Å². The Morgan fingerprint density at radius 2 is 0.703 bits per heavy atom. The van der Waals surface area contributed by atoms with Crippen molar-refractivity contribution >= 4 is 15.6 Å². The Labute approximate surface area is 314 Å². The van der Waals surface area contributed by atoms with Crippen LogP contribution in [0.1, 0.15) is 155 Å². The maximum Gasteiger partial charge on any atom is 1.00 e. The van der Waals surface area contributed by atoms with Crippen LogP contribution in [0.4, 0.5) is 0 Å². The van der Waals surface area contributed by atoms with Crippen molar-refractivity contribution in [1.29, 1.82) is 0 Å². The SMILES string of the molecule is CCCCCCCCCCCCCCOP(=O)(OCCCCCCCCCCCC)OP(=O)([O-])[O-].[K+].[K+]. The topological polar surface area (TPSA) is 108 Å². The first-order valence-electron chi connectivity index (χ1n) is 14.5. The van der Waals surface area contributed by atoms with Crippen molar-refractivity contribution in [2.45, 2.75) is 155 Å². The number of hydrogen-bond donors (Lipinski definition) is 0. The van der Waals surface area contributed by atoms with E-state index in [2.05, 4.69) is 18.2 Å². The largest absolute Gasteiger partial charge is 1.00 e. The molecular formula is C26H54K2O7P2. The monoisotopic (exact) mass is 618 g/mol. The zero-order valence-electron chi connectivity index (χ0n) is 24.7. The molecule has 7 nitrogen and oxygen atoms in total. The molecular weight excluding hydrogens is 564 g/mol. The maximum absolute atomic E-state index is 12.6. The van der Waals surface area contributed by atoms with Crippen molar-refractivity contribution in [1.82, 2.24) is 0 Å². The smallest absolute Gasteiger partial charge is 0.789 e. The molecule has 0 bridgehead atoms. The van der Waals surface area contributed by atoms with E-state index in [0.717, 1.165) is 38.5 Å². The van der Waals surface area contributed by atoms with Gasteiger partial charge in [0.15, 0.2) is 0 Å². The molecule has 0 aliphatic carbocycles. The molecule has 0 spiro atoms. The molecule has 1 unspecified atom stereocenters. The molecule has 0 aromatic heterocycles. The summed E-state index contributed by atoms with van der Waals surface area (Å²) in [5.74, 6) is 0. The molecule has 0 saturated heterocycles. The quantitative estimate of drug-likeness (QED) is 0.0754. The molecule has 0 aliphatic rings. The number of hydrogen-bond acceptors (Lipinski definition) is 7. The molecule has 0 rings (SSSR count). The third-order valence-corrected chi connectivity index (χ3v) is 8.79.